The molecule has 0 bridgehead atoms. The third kappa shape index (κ3) is 3.64. The number of phenols is 1. The Kier molecular flexibility index (Phi) is 4.22. The lowest BCUT2D eigenvalue weighted by atomic mass is 9.87. The van der Waals surface area contributed by atoms with Crippen LogP contribution in [0.15, 0.2) is 42.6 Å². The first-order valence-electron chi connectivity index (χ1n) is 8.01. The Hall–Kier alpha value is -2.86. The molecule has 130 valence electrons. The molecule has 3 aromatic rings. The first kappa shape index (κ1) is 17.0. The van der Waals surface area contributed by atoms with Gasteiger partial charge in [0.2, 0.25) is 0 Å². The number of aliphatic hydroxyl groups excluding tert-OH is 1. The molecule has 0 radical (unpaired) electrons. The molecule has 1 atom stereocenters. The van der Waals surface area contributed by atoms with Crippen LogP contribution in [0.25, 0.3) is 10.9 Å². The molecule has 0 saturated carbocycles. The molecule has 0 saturated heterocycles. The summed E-state index contributed by atoms with van der Waals surface area (Å²) < 4.78 is 0. The molecule has 4 N–H and O–H groups in total. The van der Waals surface area contributed by atoms with Crippen molar-refractivity contribution in [2.24, 2.45) is 5.41 Å². The smallest absolute Gasteiger partial charge is 0.256 e. The minimum atomic E-state index is -0.630. The third-order valence-corrected chi connectivity index (χ3v) is 4.01. The van der Waals surface area contributed by atoms with Crippen molar-refractivity contribution in [1.29, 1.82) is 0 Å². The Morgan fingerprint density at radius 1 is 1.20 bits per heavy atom. The van der Waals surface area contributed by atoms with Gasteiger partial charge in [0.05, 0.1) is 17.8 Å². The van der Waals surface area contributed by atoms with E-state index in [2.05, 4.69) is 15.3 Å². The number of benzene rings is 1. The number of hydrogen-bond donors (Lipinski definition) is 4. The maximum Gasteiger partial charge on any atom is 0.256 e. The van der Waals surface area contributed by atoms with E-state index in [0.29, 0.717) is 17.1 Å². The van der Waals surface area contributed by atoms with Crippen molar-refractivity contribution in [3.63, 3.8) is 0 Å². The van der Waals surface area contributed by atoms with Gasteiger partial charge in [-0.05, 0) is 41.8 Å². The fourth-order valence-corrected chi connectivity index (χ4v) is 2.54. The zero-order chi connectivity index (χ0) is 18.2. The number of nitrogens with one attached hydrogen (secondary N) is 2. The molecule has 1 amide bonds. The summed E-state index contributed by atoms with van der Waals surface area (Å²) in [5.41, 5.74) is 1.65. The number of aromatic nitrogens is 2. The first-order valence-corrected chi connectivity index (χ1v) is 8.01. The van der Waals surface area contributed by atoms with Gasteiger partial charge in [-0.3, -0.25) is 4.79 Å². The SMILES string of the molecule is CC(C)(C)C(O)c1cc2cc(NC(=O)c3ccc(O)cc3)ncc2[nH]1. The second-order valence-corrected chi connectivity index (χ2v) is 7.15. The summed E-state index contributed by atoms with van der Waals surface area (Å²) in [5.74, 6) is 0.215. The topological polar surface area (TPSA) is 98.2 Å². The van der Waals surface area contributed by atoms with Crippen molar-refractivity contribution in [2.45, 2.75) is 26.9 Å². The van der Waals surface area contributed by atoms with Gasteiger partial charge >= 0.3 is 0 Å². The van der Waals surface area contributed by atoms with E-state index in [4.69, 9.17) is 0 Å². The molecule has 25 heavy (non-hydrogen) atoms. The third-order valence-electron chi connectivity index (χ3n) is 4.01. The maximum absolute atomic E-state index is 12.2. The van der Waals surface area contributed by atoms with Gasteiger partial charge in [0, 0.05) is 16.6 Å². The zero-order valence-electron chi connectivity index (χ0n) is 14.4. The van der Waals surface area contributed by atoms with Crippen molar-refractivity contribution < 1.29 is 15.0 Å². The number of anilines is 1. The Morgan fingerprint density at radius 3 is 2.52 bits per heavy atom. The molecule has 3 rings (SSSR count). The summed E-state index contributed by atoms with van der Waals surface area (Å²) in [7, 11) is 0. The monoisotopic (exact) mass is 339 g/mol. The zero-order valence-corrected chi connectivity index (χ0v) is 14.4. The highest BCUT2D eigenvalue weighted by Gasteiger charge is 2.25. The number of aromatic hydroxyl groups is 1. The quantitative estimate of drug-likeness (QED) is 0.586. The van der Waals surface area contributed by atoms with E-state index in [1.165, 1.54) is 24.3 Å². The van der Waals surface area contributed by atoms with Crippen molar-refractivity contribution in [1.82, 2.24) is 9.97 Å². The predicted octanol–water partition coefficient (Wildman–Crippen LogP) is 3.60. The Labute approximate surface area is 145 Å². The normalized spacial score (nSPS) is 13.0. The number of aromatic amines is 1. The van der Waals surface area contributed by atoms with Crippen LogP contribution in [0.2, 0.25) is 0 Å². The highest BCUT2D eigenvalue weighted by Crippen LogP contribution is 2.33. The number of amides is 1. The standard InChI is InChI=1S/C19H21N3O3/c1-19(2,3)17(24)14-8-12-9-16(20-10-15(12)21-14)22-18(25)11-4-6-13(23)7-5-11/h4-10,17,21,23-24H,1-3H3,(H,20,22,25). The number of pyridine rings is 1. The van der Waals surface area contributed by atoms with Crippen LogP contribution in [0.4, 0.5) is 5.82 Å². The van der Waals surface area contributed by atoms with Gasteiger partial charge in [-0.25, -0.2) is 4.98 Å². The minimum absolute atomic E-state index is 0.105. The number of nitrogens with zero attached hydrogens (tertiary/aromatic N) is 1. The lowest BCUT2D eigenvalue weighted by Crippen LogP contribution is -2.17. The van der Waals surface area contributed by atoms with Gasteiger partial charge < -0.3 is 20.5 Å². The number of fused-ring (bicyclic) bond motifs is 1. The van der Waals surface area contributed by atoms with E-state index in [9.17, 15) is 15.0 Å². The van der Waals surface area contributed by atoms with Crippen LogP contribution in [-0.4, -0.2) is 26.1 Å². The summed E-state index contributed by atoms with van der Waals surface area (Å²) in [6.45, 7) is 5.89. The number of carbonyl (C=O) groups excluding carboxylic acids is 1. The molecule has 2 heterocycles. The van der Waals surface area contributed by atoms with Crippen molar-refractivity contribution in [3.05, 3.63) is 53.9 Å². The first-order chi connectivity index (χ1) is 11.7. The van der Waals surface area contributed by atoms with Crippen LogP contribution in [0, 0.1) is 5.41 Å². The summed E-state index contributed by atoms with van der Waals surface area (Å²) >= 11 is 0. The second kappa shape index (κ2) is 6.22. The summed E-state index contributed by atoms with van der Waals surface area (Å²) in [6, 6.07) is 9.61. The number of H-pyrrole nitrogens is 1. The number of aliphatic hydroxyl groups is 1. The van der Waals surface area contributed by atoms with Gasteiger partial charge in [-0.15, -0.1) is 0 Å². The Morgan fingerprint density at radius 2 is 1.88 bits per heavy atom. The second-order valence-electron chi connectivity index (χ2n) is 7.15. The lowest BCUT2D eigenvalue weighted by molar-refractivity contribution is 0.0596. The summed E-state index contributed by atoms with van der Waals surface area (Å²) in [4.78, 5) is 19.6. The molecule has 0 aliphatic heterocycles. The van der Waals surface area contributed by atoms with E-state index in [-0.39, 0.29) is 17.1 Å². The van der Waals surface area contributed by atoms with Crippen molar-refractivity contribution in [3.8, 4) is 5.75 Å². The molecule has 1 aromatic carbocycles. The largest absolute Gasteiger partial charge is 0.508 e. The van der Waals surface area contributed by atoms with Crippen LogP contribution < -0.4 is 5.32 Å². The molecular weight excluding hydrogens is 318 g/mol. The van der Waals surface area contributed by atoms with Gasteiger partial charge in [0.15, 0.2) is 0 Å². The van der Waals surface area contributed by atoms with E-state index >= 15 is 0 Å². The van der Waals surface area contributed by atoms with E-state index in [1.807, 2.05) is 26.8 Å². The molecule has 1 unspecified atom stereocenters. The van der Waals surface area contributed by atoms with Crippen LogP contribution in [-0.2, 0) is 0 Å². The molecule has 0 spiro atoms. The summed E-state index contributed by atoms with van der Waals surface area (Å²) in [6.07, 6.45) is 0.996. The Bertz CT molecular complexity index is 908. The van der Waals surface area contributed by atoms with Gasteiger partial charge in [0.25, 0.3) is 5.91 Å². The molecule has 0 fully saturated rings. The maximum atomic E-state index is 12.2. The molecule has 0 aliphatic carbocycles. The molecule has 2 aromatic heterocycles. The average molecular weight is 339 g/mol. The highest BCUT2D eigenvalue weighted by molar-refractivity contribution is 6.04. The molecule has 6 nitrogen and oxygen atoms in total. The average Bonchev–Trinajstić information content (AvgIpc) is 2.96. The fourth-order valence-electron chi connectivity index (χ4n) is 2.54. The van der Waals surface area contributed by atoms with Crippen LogP contribution >= 0.6 is 0 Å². The number of hydrogen-bond acceptors (Lipinski definition) is 4. The molecular formula is C19H21N3O3. The van der Waals surface area contributed by atoms with Crippen LogP contribution in [0.3, 0.4) is 0 Å². The minimum Gasteiger partial charge on any atom is -0.508 e. The Balaban J connectivity index is 1.83. The summed E-state index contributed by atoms with van der Waals surface area (Å²) in [5, 5.41) is 23.3. The van der Waals surface area contributed by atoms with Crippen LogP contribution in [0.1, 0.15) is 42.9 Å². The molecule has 6 heteroatoms. The van der Waals surface area contributed by atoms with Crippen LogP contribution in [0.5, 0.6) is 5.75 Å². The van der Waals surface area contributed by atoms with Crippen molar-refractivity contribution in [2.75, 3.05) is 5.32 Å². The lowest BCUT2D eigenvalue weighted by Gasteiger charge is -2.24. The number of rotatable bonds is 3. The highest BCUT2D eigenvalue weighted by atomic mass is 16.3. The van der Waals surface area contributed by atoms with Gasteiger partial charge in [-0.2, -0.15) is 0 Å². The van der Waals surface area contributed by atoms with E-state index in [1.54, 1.807) is 12.3 Å². The number of phenolic OH excluding ortho intramolecular Hbond substituents is 1. The number of carbonyl (C=O) groups is 1. The van der Waals surface area contributed by atoms with E-state index < -0.39 is 6.10 Å². The van der Waals surface area contributed by atoms with Crippen molar-refractivity contribution >= 4 is 22.6 Å². The molecule has 0 aliphatic rings. The predicted molar refractivity (Wildman–Crippen MR) is 96.6 cm³/mol. The van der Waals surface area contributed by atoms with Gasteiger partial charge in [-0.1, -0.05) is 20.8 Å². The fraction of sp³-hybridized carbons (Fsp3) is 0.263. The van der Waals surface area contributed by atoms with E-state index in [0.717, 1.165) is 10.9 Å². The van der Waals surface area contributed by atoms with Gasteiger partial charge in [0.1, 0.15) is 11.6 Å².